The highest BCUT2D eigenvalue weighted by Crippen LogP contribution is 2.24. The summed E-state index contributed by atoms with van der Waals surface area (Å²) >= 11 is 0. The Morgan fingerprint density at radius 2 is 1.90 bits per heavy atom. The van der Waals surface area contributed by atoms with Crippen molar-refractivity contribution in [2.24, 2.45) is 11.1 Å². The van der Waals surface area contributed by atoms with Crippen LogP contribution in [0.1, 0.15) is 27.2 Å². The van der Waals surface area contributed by atoms with Gasteiger partial charge in [-0.3, -0.25) is 0 Å². The molecular formula is C14H22F2N2O2S. The summed E-state index contributed by atoms with van der Waals surface area (Å²) in [4.78, 5) is -0.509. The average Bonchev–Trinajstić information content (AvgIpc) is 2.37. The molecule has 0 heterocycles. The van der Waals surface area contributed by atoms with Gasteiger partial charge in [-0.05, 0) is 30.5 Å². The van der Waals surface area contributed by atoms with E-state index < -0.39 is 32.0 Å². The van der Waals surface area contributed by atoms with Crippen molar-refractivity contribution < 1.29 is 17.2 Å². The highest BCUT2D eigenvalue weighted by atomic mass is 32.2. The summed E-state index contributed by atoms with van der Waals surface area (Å²) < 4.78 is 53.1. The van der Waals surface area contributed by atoms with E-state index in [0.717, 1.165) is 12.1 Å². The average molecular weight is 320 g/mol. The van der Waals surface area contributed by atoms with Crippen molar-refractivity contribution >= 4 is 10.0 Å². The zero-order chi connectivity index (χ0) is 16.3. The molecule has 0 saturated heterocycles. The van der Waals surface area contributed by atoms with Gasteiger partial charge in [0.25, 0.3) is 0 Å². The third-order valence-electron chi connectivity index (χ3n) is 3.14. The molecular weight excluding hydrogens is 298 g/mol. The van der Waals surface area contributed by atoms with Crippen LogP contribution in [0.25, 0.3) is 0 Å². The molecule has 0 radical (unpaired) electrons. The Hall–Kier alpha value is -1.05. The van der Waals surface area contributed by atoms with Crippen molar-refractivity contribution in [1.82, 2.24) is 4.31 Å². The zero-order valence-corrected chi connectivity index (χ0v) is 13.4. The van der Waals surface area contributed by atoms with Crippen molar-refractivity contribution in [3.63, 3.8) is 0 Å². The molecule has 4 nitrogen and oxygen atoms in total. The van der Waals surface area contributed by atoms with E-state index in [4.69, 9.17) is 5.73 Å². The summed E-state index contributed by atoms with van der Waals surface area (Å²) in [6.07, 6.45) is 0.586. The van der Waals surface area contributed by atoms with Crippen molar-refractivity contribution in [2.45, 2.75) is 32.1 Å². The quantitative estimate of drug-likeness (QED) is 0.839. The second-order valence-corrected chi connectivity index (χ2v) is 7.69. The highest BCUT2D eigenvalue weighted by Gasteiger charge is 2.31. The molecule has 0 saturated carbocycles. The highest BCUT2D eigenvalue weighted by molar-refractivity contribution is 7.89. The number of sulfonamides is 1. The Morgan fingerprint density at radius 1 is 1.29 bits per heavy atom. The van der Waals surface area contributed by atoms with Crippen LogP contribution >= 0.6 is 0 Å². The van der Waals surface area contributed by atoms with E-state index in [9.17, 15) is 17.2 Å². The Labute approximate surface area is 125 Å². The molecule has 0 aromatic heterocycles. The van der Waals surface area contributed by atoms with Gasteiger partial charge in [-0.25, -0.2) is 17.2 Å². The lowest BCUT2D eigenvalue weighted by atomic mass is 9.94. The molecule has 0 bridgehead atoms. The van der Waals surface area contributed by atoms with Crippen LogP contribution in [0, 0.1) is 17.0 Å². The molecule has 0 aliphatic carbocycles. The van der Waals surface area contributed by atoms with Crippen LogP contribution in [-0.2, 0) is 10.0 Å². The standard InChI is InChI=1S/C14H22F2N2O2S/c1-4-7-18(10-14(2,3)9-17)21(19,20)13-6-5-11(15)8-12(13)16/h5-6,8H,4,7,9-10,17H2,1-3H3. The second-order valence-electron chi connectivity index (χ2n) is 5.78. The van der Waals surface area contributed by atoms with Crippen molar-refractivity contribution in [3.05, 3.63) is 29.8 Å². The third-order valence-corrected chi connectivity index (χ3v) is 5.02. The van der Waals surface area contributed by atoms with Gasteiger partial charge >= 0.3 is 0 Å². The summed E-state index contributed by atoms with van der Waals surface area (Å²) in [6.45, 7) is 6.24. The molecule has 0 amide bonds. The van der Waals surface area contributed by atoms with Crippen LogP contribution in [0.4, 0.5) is 8.78 Å². The molecule has 1 aromatic carbocycles. The number of halogens is 2. The molecule has 0 unspecified atom stereocenters. The Kier molecular flexibility index (Phi) is 5.83. The van der Waals surface area contributed by atoms with Crippen LogP contribution in [0.2, 0.25) is 0 Å². The molecule has 120 valence electrons. The minimum Gasteiger partial charge on any atom is -0.330 e. The normalized spacial score (nSPS) is 12.9. The molecule has 2 N–H and O–H groups in total. The first-order valence-electron chi connectivity index (χ1n) is 6.79. The molecule has 1 rings (SSSR count). The molecule has 0 spiro atoms. The minimum atomic E-state index is -4.02. The number of nitrogens with two attached hydrogens (primary N) is 1. The summed E-state index contributed by atoms with van der Waals surface area (Å²) in [5.74, 6) is -1.89. The third kappa shape index (κ3) is 4.46. The van der Waals surface area contributed by atoms with Gasteiger partial charge in [-0.1, -0.05) is 20.8 Å². The van der Waals surface area contributed by atoms with Gasteiger partial charge in [0, 0.05) is 19.2 Å². The molecule has 0 aliphatic rings. The fraction of sp³-hybridized carbons (Fsp3) is 0.571. The van der Waals surface area contributed by atoms with Crippen molar-refractivity contribution in [1.29, 1.82) is 0 Å². The van der Waals surface area contributed by atoms with Gasteiger partial charge in [0.2, 0.25) is 10.0 Å². The maximum Gasteiger partial charge on any atom is 0.246 e. The molecule has 0 fully saturated rings. The van der Waals surface area contributed by atoms with E-state index in [2.05, 4.69) is 0 Å². The van der Waals surface area contributed by atoms with E-state index >= 15 is 0 Å². The maximum absolute atomic E-state index is 13.8. The Bertz CT molecular complexity index is 589. The second kappa shape index (κ2) is 6.81. The van der Waals surface area contributed by atoms with Crippen molar-refractivity contribution in [2.75, 3.05) is 19.6 Å². The smallest absolute Gasteiger partial charge is 0.246 e. The van der Waals surface area contributed by atoms with Gasteiger partial charge in [-0.15, -0.1) is 0 Å². The number of hydrogen-bond donors (Lipinski definition) is 1. The Balaban J connectivity index is 3.21. The maximum atomic E-state index is 13.8. The van der Waals surface area contributed by atoms with Crippen LogP contribution in [0.5, 0.6) is 0 Å². The molecule has 0 atom stereocenters. The molecule has 7 heteroatoms. The van der Waals surface area contributed by atoms with Crippen LogP contribution in [-0.4, -0.2) is 32.4 Å². The number of rotatable bonds is 7. The van der Waals surface area contributed by atoms with Gasteiger partial charge in [0.1, 0.15) is 16.5 Å². The van der Waals surface area contributed by atoms with Gasteiger partial charge < -0.3 is 5.73 Å². The number of nitrogens with zero attached hydrogens (tertiary/aromatic N) is 1. The predicted octanol–water partition coefficient (Wildman–Crippen LogP) is 2.35. The minimum absolute atomic E-state index is 0.177. The summed E-state index contributed by atoms with van der Waals surface area (Å²) in [6, 6.07) is 2.47. The van der Waals surface area contributed by atoms with Crippen molar-refractivity contribution in [3.8, 4) is 0 Å². The van der Waals surface area contributed by atoms with Gasteiger partial charge in [0.15, 0.2) is 0 Å². The predicted molar refractivity (Wildman–Crippen MR) is 78.2 cm³/mol. The van der Waals surface area contributed by atoms with Crippen LogP contribution in [0.15, 0.2) is 23.1 Å². The lowest BCUT2D eigenvalue weighted by Crippen LogP contribution is -2.42. The van der Waals surface area contributed by atoms with E-state index in [1.54, 1.807) is 0 Å². The fourth-order valence-corrected chi connectivity index (χ4v) is 3.66. The van der Waals surface area contributed by atoms with Crippen LogP contribution < -0.4 is 5.73 Å². The SMILES string of the molecule is CCCN(CC(C)(C)CN)S(=O)(=O)c1ccc(F)cc1F. The molecule has 1 aromatic rings. The van der Waals surface area contributed by atoms with E-state index in [1.165, 1.54) is 4.31 Å². The van der Waals surface area contributed by atoms with E-state index in [1.807, 2.05) is 20.8 Å². The molecule has 0 aliphatic heterocycles. The first-order valence-corrected chi connectivity index (χ1v) is 8.23. The summed E-state index contributed by atoms with van der Waals surface area (Å²) in [7, 11) is -4.02. The zero-order valence-electron chi connectivity index (χ0n) is 12.6. The lowest BCUT2D eigenvalue weighted by Gasteiger charge is -2.31. The largest absolute Gasteiger partial charge is 0.330 e. The van der Waals surface area contributed by atoms with Gasteiger partial charge in [0.05, 0.1) is 0 Å². The monoisotopic (exact) mass is 320 g/mol. The first kappa shape index (κ1) is 18.0. The fourth-order valence-electron chi connectivity index (χ4n) is 1.90. The summed E-state index contributed by atoms with van der Waals surface area (Å²) in [5, 5.41) is 0. The number of hydrogen-bond acceptors (Lipinski definition) is 3. The Morgan fingerprint density at radius 3 is 2.38 bits per heavy atom. The molecule has 21 heavy (non-hydrogen) atoms. The van der Waals surface area contributed by atoms with Gasteiger partial charge in [-0.2, -0.15) is 4.31 Å². The lowest BCUT2D eigenvalue weighted by molar-refractivity contribution is 0.266. The van der Waals surface area contributed by atoms with E-state index in [-0.39, 0.29) is 13.1 Å². The van der Waals surface area contributed by atoms with E-state index in [0.29, 0.717) is 19.0 Å². The number of benzene rings is 1. The summed E-state index contributed by atoms with van der Waals surface area (Å²) in [5.41, 5.74) is 5.21. The topological polar surface area (TPSA) is 63.4 Å². The van der Waals surface area contributed by atoms with Crippen LogP contribution in [0.3, 0.4) is 0 Å². The first-order chi connectivity index (χ1) is 9.64.